The third-order valence-electron chi connectivity index (χ3n) is 2.63. The lowest BCUT2D eigenvalue weighted by Crippen LogP contribution is -2.13. The Morgan fingerprint density at radius 1 is 1.40 bits per heavy atom. The van der Waals surface area contributed by atoms with Gasteiger partial charge in [0.1, 0.15) is 11.6 Å². The Morgan fingerprint density at radius 3 is 2.95 bits per heavy atom. The Bertz CT molecular complexity index is 580. The number of anilines is 1. The fraction of sp³-hybridized carbons (Fsp3) is 0.357. The molecule has 0 saturated heterocycles. The average Bonchev–Trinajstić information content (AvgIpc) is 2.94. The number of aromatic amines is 1. The van der Waals surface area contributed by atoms with Crippen LogP contribution in [0.4, 0.5) is 5.69 Å². The van der Waals surface area contributed by atoms with Gasteiger partial charge in [0.2, 0.25) is 5.82 Å². The maximum Gasteiger partial charge on any atom is 0.295 e. The molecular weight excluding hydrogens is 256 g/mol. The molecule has 0 unspecified atom stereocenters. The third kappa shape index (κ3) is 3.57. The Labute approximate surface area is 117 Å². The number of rotatable bonds is 6. The van der Waals surface area contributed by atoms with Crippen LogP contribution in [0.5, 0.6) is 5.75 Å². The second-order valence-corrected chi connectivity index (χ2v) is 4.29. The van der Waals surface area contributed by atoms with Crippen LogP contribution in [0.3, 0.4) is 0 Å². The van der Waals surface area contributed by atoms with Gasteiger partial charge in [-0.25, -0.2) is 4.98 Å². The van der Waals surface area contributed by atoms with Crippen LogP contribution in [0, 0.1) is 0 Å². The van der Waals surface area contributed by atoms with Crippen molar-refractivity contribution in [2.75, 3.05) is 11.9 Å². The smallest absolute Gasteiger partial charge is 0.295 e. The molecule has 0 fully saturated rings. The molecular formula is C14H18N4O2. The number of amides is 1. The van der Waals surface area contributed by atoms with Gasteiger partial charge in [-0.05, 0) is 18.6 Å². The number of carbonyl (C=O) groups is 1. The van der Waals surface area contributed by atoms with E-state index in [1.54, 1.807) is 12.1 Å². The highest BCUT2D eigenvalue weighted by Gasteiger charge is 2.12. The summed E-state index contributed by atoms with van der Waals surface area (Å²) in [5.74, 6) is 1.22. The van der Waals surface area contributed by atoms with E-state index in [1.165, 1.54) is 0 Å². The molecule has 0 radical (unpaired) electrons. The molecule has 6 heteroatoms. The van der Waals surface area contributed by atoms with Crippen LogP contribution >= 0.6 is 0 Å². The van der Waals surface area contributed by atoms with E-state index in [0.29, 0.717) is 24.5 Å². The predicted octanol–water partition coefficient (Wildman–Crippen LogP) is 2.41. The second-order valence-electron chi connectivity index (χ2n) is 4.29. The van der Waals surface area contributed by atoms with E-state index in [0.717, 1.165) is 12.2 Å². The Kier molecular flexibility index (Phi) is 4.70. The van der Waals surface area contributed by atoms with Crippen LogP contribution in [-0.2, 0) is 6.42 Å². The van der Waals surface area contributed by atoms with E-state index in [1.807, 2.05) is 26.0 Å². The van der Waals surface area contributed by atoms with Crippen LogP contribution in [0.25, 0.3) is 0 Å². The Morgan fingerprint density at radius 2 is 2.25 bits per heavy atom. The molecule has 0 atom stereocenters. The van der Waals surface area contributed by atoms with E-state index in [2.05, 4.69) is 20.5 Å². The van der Waals surface area contributed by atoms with Crippen LogP contribution < -0.4 is 10.1 Å². The zero-order valence-corrected chi connectivity index (χ0v) is 11.6. The highest BCUT2D eigenvalue weighted by molar-refractivity contribution is 6.01. The molecule has 106 valence electrons. The number of nitrogens with zero attached hydrogens (tertiary/aromatic N) is 2. The van der Waals surface area contributed by atoms with Crippen molar-refractivity contribution < 1.29 is 9.53 Å². The van der Waals surface area contributed by atoms with E-state index in [-0.39, 0.29) is 11.7 Å². The van der Waals surface area contributed by atoms with Crippen molar-refractivity contribution in [2.24, 2.45) is 0 Å². The molecule has 1 aromatic heterocycles. The van der Waals surface area contributed by atoms with E-state index in [9.17, 15) is 4.79 Å². The SMILES string of the molecule is CCCOc1cccc(NC(=O)c2n[nH]c(CC)n2)c1. The quantitative estimate of drug-likeness (QED) is 0.847. The molecule has 6 nitrogen and oxygen atoms in total. The van der Waals surface area contributed by atoms with Gasteiger partial charge >= 0.3 is 0 Å². The largest absolute Gasteiger partial charge is 0.494 e. The van der Waals surface area contributed by atoms with Crippen molar-refractivity contribution in [3.05, 3.63) is 35.9 Å². The van der Waals surface area contributed by atoms with Crippen LogP contribution in [0.1, 0.15) is 36.7 Å². The molecule has 1 heterocycles. The van der Waals surface area contributed by atoms with E-state index < -0.39 is 0 Å². The van der Waals surface area contributed by atoms with Gasteiger partial charge in [-0.1, -0.05) is 19.9 Å². The number of hydrogen-bond donors (Lipinski definition) is 2. The van der Waals surface area contributed by atoms with Gasteiger partial charge in [0.05, 0.1) is 6.61 Å². The minimum absolute atomic E-state index is 0.140. The minimum atomic E-state index is -0.339. The number of benzene rings is 1. The first-order chi connectivity index (χ1) is 9.72. The van der Waals surface area contributed by atoms with Gasteiger partial charge < -0.3 is 10.1 Å². The second kappa shape index (κ2) is 6.70. The number of H-pyrrole nitrogens is 1. The molecule has 0 aliphatic carbocycles. The number of hydrogen-bond acceptors (Lipinski definition) is 4. The summed E-state index contributed by atoms with van der Waals surface area (Å²) in [4.78, 5) is 16.1. The fourth-order valence-corrected chi connectivity index (χ4v) is 1.63. The fourth-order valence-electron chi connectivity index (χ4n) is 1.63. The molecule has 1 aromatic carbocycles. The molecule has 0 spiro atoms. The topological polar surface area (TPSA) is 79.9 Å². The summed E-state index contributed by atoms with van der Waals surface area (Å²) < 4.78 is 5.52. The highest BCUT2D eigenvalue weighted by atomic mass is 16.5. The van der Waals surface area contributed by atoms with Crippen molar-refractivity contribution in [2.45, 2.75) is 26.7 Å². The van der Waals surface area contributed by atoms with E-state index in [4.69, 9.17) is 4.74 Å². The summed E-state index contributed by atoms with van der Waals surface area (Å²) in [5.41, 5.74) is 0.659. The molecule has 0 aliphatic rings. The number of ether oxygens (including phenoxy) is 1. The first-order valence-corrected chi connectivity index (χ1v) is 6.68. The standard InChI is InChI=1S/C14H18N4O2/c1-3-8-20-11-7-5-6-10(9-11)15-14(19)13-16-12(4-2)17-18-13/h5-7,9H,3-4,8H2,1-2H3,(H,15,19)(H,16,17,18). The van der Waals surface area contributed by atoms with Crippen molar-refractivity contribution in [3.8, 4) is 5.75 Å². The molecule has 0 bridgehead atoms. The first-order valence-electron chi connectivity index (χ1n) is 6.68. The summed E-state index contributed by atoms with van der Waals surface area (Å²) >= 11 is 0. The van der Waals surface area contributed by atoms with Crippen LogP contribution in [-0.4, -0.2) is 27.7 Å². The van der Waals surface area contributed by atoms with Crippen molar-refractivity contribution in [1.29, 1.82) is 0 Å². The molecule has 20 heavy (non-hydrogen) atoms. The number of aromatic nitrogens is 3. The summed E-state index contributed by atoms with van der Waals surface area (Å²) in [5, 5.41) is 9.34. The highest BCUT2D eigenvalue weighted by Crippen LogP contribution is 2.17. The monoisotopic (exact) mass is 274 g/mol. The predicted molar refractivity (Wildman–Crippen MR) is 75.9 cm³/mol. The number of carbonyl (C=O) groups excluding carboxylic acids is 1. The molecule has 0 aliphatic heterocycles. The molecule has 2 rings (SSSR count). The van der Waals surface area contributed by atoms with Gasteiger partial charge in [0.25, 0.3) is 5.91 Å². The number of aryl methyl sites for hydroxylation is 1. The molecule has 2 aromatic rings. The maximum atomic E-state index is 12.0. The molecule has 0 saturated carbocycles. The lowest BCUT2D eigenvalue weighted by atomic mass is 10.3. The van der Waals surface area contributed by atoms with Gasteiger partial charge in [-0.2, -0.15) is 0 Å². The normalized spacial score (nSPS) is 10.3. The Balaban J connectivity index is 2.03. The minimum Gasteiger partial charge on any atom is -0.494 e. The molecule has 1 amide bonds. The van der Waals surface area contributed by atoms with Crippen LogP contribution in [0.15, 0.2) is 24.3 Å². The third-order valence-corrected chi connectivity index (χ3v) is 2.63. The zero-order valence-electron chi connectivity index (χ0n) is 11.6. The summed E-state index contributed by atoms with van der Waals surface area (Å²) in [7, 11) is 0. The average molecular weight is 274 g/mol. The molecule has 2 N–H and O–H groups in total. The van der Waals surface area contributed by atoms with Crippen LogP contribution in [0.2, 0.25) is 0 Å². The van der Waals surface area contributed by atoms with Crippen molar-refractivity contribution in [1.82, 2.24) is 15.2 Å². The Hall–Kier alpha value is -2.37. The summed E-state index contributed by atoms with van der Waals surface area (Å²) in [6.45, 7) is 4.63. The van der Waals surface area contributed by atoms with E-state index >= 15 is 0 Å². The summed E-state index contributed by atoms with van der Waals surface area (Å²) in [6.07, 6.45) is 1.65. The lowest BCUT2D eigenvalue weighted by Gasteiger charge is -2.07. The van der Waals surface area contributed by atoms with Gasteiger partial charge in [-0.15, -0.1) is 5.10 Å². The van der Waals surface area contributed by atoms with Crippen molar-refractivity contribution >= 4 is 11.6 Å². The van der Waals surface area contributed by atoms with Gasteiger partial charge in [0, 0.05) is 18.2 Å². The maximum absolute atomic E-state index is 12.0. The van der Waals surface area contributed by atoms with Crippen molar-refractivity contribution in [3.63, 3.8) is 0 Å². The zero-order chi connectivity index (χ0) is 14.4. The first kappa shape index (κ1) is 14.0. The van der Waals surface area contributed by atoms with Gasteiger partial charge in [0.15, 0.2) is 0 Å². The lowest BCUT2D eigenvalue weighted by molar-refractivity contribution is 0.101. The van der Waals surface area contributed by atoms with Gasteiger partial charge in [-0.3, -0.25) is 9.89 Å². The summed E-state index contributed by atoms with van der Waals surface area (Å²) in [6, 6.07) is 7.26. The number of nitrogens with one attached hydrogen (secondary N) is 2.